The van der Waals surface area contributed by atoms with E-state index in [0.29, 0.717) is 5.95 Å². The summed E-state index contributed by atoms with van der Waals surface area (Å²) in [5.41, 5.74) is 3.85. The number of thiophene rings is 2. The average Bonchev–Trinajstić information content (AvgIpc) is 3.11. The first-order valence-corrected chi connectivity index (χ1v) is 8.19. The van der Waals surface area contributed by atoms with E-state index in [0.717, 1.165) is 22.5 Å². The van der Waals surface area contributed by atoms with Gasteiger partial charge >= 0.3 is 0 Å². The van der Waals surface area contributed by atoms with Gasteiger partial charge in [0.15, 0.2) is 0 Å². The third kappa shape index (κ3) is 2.71. The third-order valence-electron chi connectivity index (χ3n) is 2.69. The van der Waals surface area contributed by atoms with Gasteiger partial charge in [-0.1, -0.05) is 0 Å². The van der Waals surface area contributed by atoms with Gasteiger partial charge in [-0.3, -0.25) is 0 Å². The smallest absolute Gasteiger partial charge is 0.243 e. The fourth-order valence-electron chi connectivity index (χ4n) is 1.84. The predicted molar refractivity (Wildman–Crippen MR) is 85.2 cm³/mol. The van der Waals surface area contributed by atoms with Gasteiger partial charge in [0.2, 0.25) is 5.95 Å². The van der Waals surface area contributed by atoms with E-state index in [-0.39, 0.29) is 6.04 Å². The highest BCUT2D eigenvalue weighted by Crippen LogP contribution is 2.31. The third-order valence-corrected chi connectivity index (χ3v) is 4.06. The van der Waals surface area contributed by atoms with Gasteiger partial charge in [-0.25, -0.2) is 4.98 Å². The van der Waals surface area contributed by atoms with Crippen LogP contribution < -0.4 is 5.32 Å². The summed E-state index contributed by atoms with van der Waals surface area (Å²) in [6, 6.07) is 4.38. The minimum atomic E-state index is 0.277. The Balaban J connectivity index is 2.10. The monoisotopic (exact) mass is 302 g/mol. The molecule has 0 saturated heterocycles. The highest BCUT2D eigenvalue weighted by Gasteiger charge is 2.14. The topological polar surface area (TPSA) is 50.7 Å². The van der Waals surface area contributed by atoms with Crippen molar-refractivity contribution in [3.8, 4) is 22.5 Å². The van der Waals surface area contributed by atoms with Crippen LogP contribution in [0.1, 0.15) is 13.8 Å². The summed E-state index contributed by atoms with van der Waals surface area (Å²) in [6.45, 7) is 4.11. The first-order chi connectivity index (χ1) is 9.74. The van der Waals surface area contributed by atoms with Gasteiger partial charge in [-0.2, -0.15) is 22.7 Å². The molecule has 0 fully saturated rings. The van der Waals surface area contributed by atoms with E-state index in [2.05, 4.69) is 51.2 Å². The molecule has 3 rings (SSSR count). The van der Waals surface area contributed by atoms with Crippen molar-refractivity contribution in [1.29, 1.82) is 0 Å². The second-order valence-corrected chi connectivity index (χ2v) is 6.22. The van der Waals surface area contributed by atoms with E-state index in [1.54, 1.807) is 22.7 Å². The fourth-order valence-corrected chi connectivity index (χ4v) is 3.12. The highest BCUT2D eigenvalue weighted by atomic mass is 32.1. The molecule has 20 heavy (non-hydrogen) atoms. The maximum atomic E-state index is 4.64. The largest absolute Gasteiger partial charge is 0.351 e. The average molecular weight is 302 g/mol. The molecule has 4 nitrogen and oxygen atoms in total. The van der Waals surface area contributed by atoms with Crippen molar-refractivity contribution in [3.63, 3.8) is 0 Å². The summed E-state index contributed by atoms with van der Waals surface area (Å²) in [7, 11) is 0. The molecule has 3 aromatic heterocycles. The number of anilines is 1. The number of rotatable bonds is 4. The van der Waals surface area contributed by atoms with Gasteiger partial charge in [-0.05, 0) is 36.7 Å². The van der Waals surface area contributed by atoms with E-state index in [1.807, 2.05) is 16.8 Å². The molecule has 0 amide bonds. The lowest BCUT2D eigenvalue weighted by Gasteiger charge is -2.10. The van der Waals surface area contributed by atoms with E-state index >= 15 is 0 Å². The minimum Gasteiger partial charge on any atom is -0.351 e. The maximum absolute atomic E-state index is 4.64. The molecule has 0 unspecified atom stereocenters. The number of nitrogens with one attached hydrogen (secondary N) is 1. The molecule has 0 spiro atoms. The lowest BCUT2D eigenvalue weighted by Crippen LogP contribution is -2.14. The molecule has 1 N–H and O–H groups in total. The van der Waals surface area contributed by atoms with Gasteiger partial charge in [-0.15, -0.1) is 10.2 Å². The Morgan fingerprint density at radius 3 is 2.15 bits per heavy atom. The zero-order valence-corrected chi connectivity index (χ0v) is 12.8. The van der Waals surface area contributed by atoms with Gasteiger partial charge < -0.3 is 5.32 Å². The zero-order valence-electron chi connectivity index (χ0n) is 11.2. The molecule has 102 valence electrons. The van der Waals surface area contributed by atoms with Crippen molar-refractivity contribution in [2.45, 2.75) is 19.9 Å². The molecule has 0 aromatic carbocycles. The van der Waals surface area contributed by atoms with Crippen LogP contribution in [0.25, 0.3) is 22.5 Å². The van der Waals surface area contributed by atoms with E-state index in [9.17, 15) is 0 Å². The summed E-state index contributed by atoms with van der Waals surface area (Å²) >= 11 is 3.30. The van der Waals surface area contributed by atoms with Crippen LogP contribution in [0.15, 0.2) is 33.7 Å². The molecule has 0 aliphatic rings. The molecular weight excluding hydrogens is 288 g/mol. The minimum absolute atomic E-state index is 0.277. The zero-order chi connectivity index (χ0) is 13.9. The summed E-state index contributed by atoms with van der Waals surface area (Å²) in [5, 5.41) is 20.0. The second kappa shape index (κ2) is 5.68. The van der Waals surface area contributed by atoms with E-state index < -0.39 is 0 Å². The van der Waals surface area contributed by atoms with Crippen LogP contribution in [0.3, 0.4) is 0 Å². The summed E-state index contributed by atoms with van der Waals surface area (Å²) in [4.78, 5) is 4.64. The lowest BCUT2D eigenvalue weighted by molar-refractivity contribution is 0.854. The Kier molecular flexibility index (Phi) is 3.75. The van der Waals surface area contributed by atoms with Crippen molar-refractivity contribution in [2.75, 3.05) is 5.32 Å². The summed E-state index contributed by atoms with van der Waals surface area (Å²) < 4.78 is 0. The molecule has 0 saturated carbocycles. The Morgan fingerprint density at radius 1 is 0.950 bits per heavy atom. The summed E-state index contributed by atoms with van der Waals surface area (Å²) in [5.74, 6) is 0.570. The van der Waals surface area contributed by atoms with Crippen LogP contribution in [0, 0.1) is 0 Å². The van der Waals surface area contributed by atoms with Crippen LogP contribution in [0.5, 0.6) is 0 Å². The van der Waals surface area contributed by atoms with Gasteiger partial charge in [0.25, 0.3) is 0 Å². The van der Waals surface area contributed by atoms with Crippen LogP contribution in [-0.2, 0) is 0 Å². The van der Waals surface area contributed by atoms with Crippen molar-refractivity contribution in [1.82, 2.24) is 15.2 Å². The molecule has 0 aliphatic heterocycles. The Labute approximate surface area is 125 Å². The number of nitrogens with zero attached hydrogens (tertiary/aromatic N) is 3. The van der Waals surface area contributed by atoms with E-state index in [1.165, 1.54) is 0 Å². The SMILES string of the molecule is CC(C)Nc1nnc(-c2ccsc2)c(-c2ccsc2)n1. The molecule has 0 bridgehead atoms. The van der Waals surface area contributed by atoms with Gasteiger partial charge in [0, 0.05) is 27.9 Å². The standard InChI is InChI=1S/C14H14N4S2/c1-9(2)15-14-16-12(10-3-5-19-7-10)13(17-18-14)11-4-6-20-8-11/h3-9H,1-2H3,(H,15,16,18). The first-order valence-electron chi connectivity index (χ1n) is 6.30. The molecule has 6 heteroatoms. The second-order valence-electron chi connectivity index (χ2n) is 4.66. The van der Waals surface area contributed by atoms with Crippen LogP contribution in [-0.4, -0.2) is 21.2 Å². The van der Waals surface area contributed by atoms with Crippen molar-refractivity contribution in [3.05, 3.63) is 33.7 Å². The molecule has 3 aromatic rings. The highest BCUT2D eigenvalue weighted by molar-refractivity contribution is 7.08. The summed E-state index contributed by atoms with van der Waals surface area (Å²) in [6.07, 6.45) is 0. The van der Waals surface area contributed by atoms with Gasteiger partial charge in [0.1, 0.15) is 11.4 Å². The predicted octanol–water partition coefficient (Wildman–Crippen LogP) is 4.15. The molecule has 0 aliphatic carbocycles. The number of aromatic nitrogens is 3. The normalized spacial score (nSPS) is 10.9. The molecule has 3 heterocycles. The Bertz CT molecular complexity index is 675. The van der Waals surface area contributed by atoms with E-state index in [4.69, 9.17) is 0 Å². The Morgan fingerprint density at radius 2 is 1.60 bits per heavy atom. The fraction of sp³-hybridized carbons (Fsp3) is 0.214. The maximum Gasteiger partial charge on any atom is 0.243 e. The van der Waals surface area contributed by atoms with Crippen LogP contribution >= 0.6 is 22.7 Å². The van der Waals surface area contributed by atoms with Crippen molar-refractivity contribution in [2.24, 2.45) is 0 Å². The van der Waals surface area contributed by atoms with Crippen LogP contribution in [0.2, 0.25) is 0 Å². The first kappa shape index (κ1) is 13.2. The van der Waals surface area contributed by atoms with Gasteiger partial charge in [0.05, 0.1) is 0 Å². The number of hydrogen-bond donors (Lipinski definition) is 1. The lowest BCUT2D eigenvalue weighted by atomic mass is 10.1. The Hall–Kier alpha value is -1.79. The van der Waals surface area contributed by atoms with Crippen molar-refractivity contribution >= 4 is 28.6 Å². The molecular formula is C14H14N4S2. The quantitative estimate of drug-likeness (QED) is 0.786. The number of hydrogen-bond acceptors (Lipinski definition) is 6. The molecule has 0 radical (unpaired) electrons. The van der Waals surface area contributed by atoms with Crippen LogP contribution in [0.4, 0.5) is 5.95 Å². The molecule has 0 atom stereocenters. The van der Waals surface area contributed by atoms with Crippen molar-refractivity contribution < 1.29 is 0 Å².